The van der Waals surface area contributed by atoms with E-state index < -0.39 is 0 Å². The molecule has 1 heterocycles. The zero-order valence-electron chi connectivity index (χ0n) is 11.3. The summed E-state index contributed by atoms with van der Waals surface area (Å²) < 4.78 is 0. The molecule has 19 heavy (non-hydrogen) atoms. The summed E-state index contributed by atoms with van der Waals surface area (Å²) in [5, 5.41) is 6.39. The van der Waals surface area contributed by atoms with E-state index in [9.17, 15) is 4.79 Å². The highest BCUT2D eigenvalue weighted by molar-refractivity contribution is 5.82. The average molecular weight is 258 g/mol. The molecule has 2 N–H and O–H groups in total. The highest BCUT2D eigenvalue weighted by Gasteiger charge is 2.24. The Morgan fingerprint density at radius 2 is 2.05 bits per heavy atom. The molecular weight excluding hydrogens is 236 g/mol. The lowest BCUT2D eigenvalue weighted by Gasteiger charge is -2.25. The van der Waals surface area contributed by atoms with Gasteiger partial charge in [-0.3, -0.25) is 4.79 Å². The van der Waals surface area contributed by atoms with Gasteiger partial charge in [0.1, 0.15) is 0 Å². The molecule has 1 aromatic carbocycles. The van der Waals surface area contributed by atoms with E-state index in [1.54, 1.807) is 0 Å². The average Bonchev–Trinajstić information content (AvgIpc) is 3.27. The van der Waals surface area contributed by atoms with Crippen LogP contribution in [0.25, 0.3) is 0 Å². The third-order valence-corrected chi connectivity index (χ3v) is 4.18. The van der Waals surface area contributed by atoms with Crippen LogP contribution in [0, 0.1) is 5.92 Å². The predicted molar refractivity (Wildman–Crippen MR) is 75.7 cm³/mol. The molecule has 2 aliphatic rings. The van der Waals surface area contributed by atoms with Gasteiger partial charge in [0.25, 0.3) is 0 Å². The minimum absolute atomic E-state index is 0.0594. The van der Waals surface area contributed by atoms with E-state index in [4.69, 9.17) is 0 Å². The van der Waals surface area contributed by atoms with Crippen LogP contribution in [-0.2, 0) is 17.8 Å². The van der Waals surface area contributed by atoms with E-state index in [1.807, 2.05) is 0 Å². The fourth-order valence-corrected chi connectivity index (χ4v) is 2.77. The number of benzene rings is 1. The Kier molecular flexibility index (Phi) is 3.83. The second kappa shape index (κ2) is 5.74. The van der Waals surface area contributed by atoms with E-state index in [-0.39, 0.29) is 11.9 Å². The molecule has 1 aliphatic heterocycles. The Bertz CT molecular complexity index is 454. The Balaban J connectivity index is 1.45. The first-order chi connectivity index (χ1) is 9.33. The van der Waals surface area contributed by atoms with Gasteiger partial charge in [-0.1, -0.05) is 37.1 Å². The molecule has 1 aliphatic carbocycles. The second-order valence-electron chi connectivity index (χ2n) is 5.78. The lowest BCUT2D eigenvalue weighted by atomic mass is 9.95. The normalized spacial score (nSPS) is 21.8. The summed E-state index contributed by atoms with van der Waals surface area (Å²) >= 11 is 0. The fraction of sp³-hybridized carbons (Fsp3) is 0.562. The number of nitrogens with one attached hydrogen (secondary N) is 2. The first-order valence-corrected chi connectivity index (χ1v) is 7.41. The van der Waals surface area contributed by atoms with Gasteiger partial charge in [-0.25, -0.2) is 0 Å². The summed E-state index contributed by atoms with van der Waals surface area (Å²) in [6, 6.07) is 8.30. The van der Waals surface area contributed by atoms with Crippen LogP contribution in [0.4, 0.5) is 0 Å². The zero-order chi connectivity index (χ0) is 13.1. The first-order valence-electron chi connectivity index (χ1n) is 7.41. The SMILES string of the molecule is O=C(NCCCC1CC1)[C@H]1Cc2ccccc2CN1. The van der Waals surface area contributed by atoms with Crippen LogP contribution in [-0.4, -0.2) is 18.5 Å². The summed E-state index contributed by atoms with van der Waals surface area (Å²) in [6.07, 6.45) is 6.01. The van der Waals surface area contributed by atoms with E-state index in [0.29, 0.717) is 0 Å². The third kappa shape index (κ3) is 3.35. The minimum Gasteiger partial charge on any atom is -0.355 e. The number of hydrogen-bond acceptors (Lipinski definition) is 2. The molecule has 1 fully saturated rings. The molecule has 3 rings (SSSR count). The van der Waals surface area contributed by atoms with Crippen molar-refractivity contribution < 1.29 is 4.79 Å². The Hall–Kier alpha value is -1.35. The van der Waals surface area contributed by atoms with Crippen LogP contribution in [0.3, 0.4) is 0 Å². The maximum Gasteiger partial charge on any atom is 0.237 e. The molecule has 0 spiro atoms. The predicted octanol–water partition coefficient (Wildman–Crippen LogP) is 2.01. The van der Waals surface area contributed by atoms with Crippen molar-refractivity contribution in [2.45, 2.75) is 44.7 Å². The van der Waals surface area contributed by atoms with Gasteiger partial charge < -0.3 is 10.6 Å². The molecule has 3 nitrogen and oxygen atoms in total. The smallest absolute Gasteiger partial charge is 0.237 e. The van der Waals surface area contributed by atoms with Crippen molar-refractivity contribution in [2.24, 2.45) is 5.92 Å². The lowest BCUT2D eigenvalue weighted by Crippen LogP contribution is -2.47. The Morgan fingerprint density at radius 1 is 1.26 bits per heavy atom. The molecule has 1 aromatic rings. The summed E-state index contributed by atoms with van der Waals surface area (Å²) in [6.45, 7) is 1.63. The molecule has 0 aromatic heterocycles. The van der Waals surface area contributed by atoms with Crippen molar-refractivity contribution in [3.63, 3.8) is 0 Å². The van der Waals surface area contributed by atoms with Crippen LogP contribution >= 0.6 is 0 Å². The molecule has 1 atom stereocenters. The number of amides is 1. The van der Waals surface area contributed by atoms with Gasteiger partial charge in [0.15, 0.2) is 0 Å². The quantitative estimate of drug-likeness (QED) is 0.793. The van der Waals surface area contributed by atoms with Crippen molar-refractivity contribution in [3.05, 3.63) is 35.4 Å². The van der Waals surface area contributed by atoms with E-state index in [1.165, 1.54) is 30.4 Å². The minimum atomic E-state index is -0.0594. The van der Waals surface area contributed by atoms with Crippen molar-refractivity contribution >= 4 is 5.91 Å². The zero-order valence-corrected chi connectivity index (χ0v) is 11.3. The number of fused-ring (bicyclic) bond motifs is 1. The molecule has 1 amide bonds. The van der Waals surface area contributed by atoms with Crippen molar-refractivity contribution in [1.82, 2.24) is 10.6 Å². The monoisotopic (exact) mass is 258 g/mol. The summed E-state index contributed by atoms with van der Waals surface area (Å²) in [4.78, 5) is 12.1. The summed E-state index contributed by atoms with van der Waals surface area (Å²) in [7, 11) is 0. The van der Waals surface area contributed by atoms with Gasteiger partial charge in [0, 0.05) is 13.1 Å². The van der Waals surface area contributed by atoms with E-state index in [0.717, 1.165) is 31.8 Å². The molecule has 0 radical (unpaired) electrons. The van der Waals surface area contributed by atoms with Crippen LogP contribution in [0.5, 0.6) is 0 Å². The second-order valence-corrected chi connectivity index (χ2v) is 5.78. The fourth-order valence-electron chi connectivity index (χ4n) is 2.77. The first kappa shape index (κ1) is 12.7. The number of hydrogen-bond donors (Lipinski definition) is 2. The Morgan fingerprint density at radius 3 is 2.84 bits per heavy atom. The number of carbonyl (C=O) groups is 1. The lowest BCUT2D eigenvalue weighted by molar-refractivity contribution is -0.123. The van der Waals surface area contributed by atoms with Gasteiger partial charge in [-0.2, -0.15) is 0 Å². The largest absolute Gasteiger partial charge is 0.355 e. The van der Waals surface area contributed by atoms with Gasteiger partial charge in [-0.15, -0.1) is 0 Å². The van der Waals surface area contributed by atoms with Gasteiger partial charge in [0.05, 0.1) is 6.04 Å². The van der Waals surface area contributed by atoms with Gasteiger partial charge in [-0.05, 0) is 36.3 Å². The molecule has 3 heteroatoms. The van der Waals surface area contributed by atoms with Crippen LogP contribution in [0.2, 0.25) is 0 Å². The summed E-state index contributed by atoms with van der Waals surface area (Å²) in [5.74, 6) is 1.11. The van der Waals surface area contributed by atoms with E-state index >= 15 is 0 Å². The maximum atomic E-state index is 12.1. The standard InChI is InChI=1S/C16H22N2O/c19-16(17-9-3-4-12-7-8-12)15-10-13-5-1-2-6-14(13)11-18-15/h1-2,5-6,12,15,18H,3-4,7-11H2,(H,17,19)/t15-/m1/s1. The maximum absolute atomic E-state index is 12.1. The van der Waals surface area contributed by atoms with Crippen LogP contribution in [0.15, 0.2) is 24.3 Å². The highest BCUT2D eigenvalue weighted by atomic mass is 16.2. The van der Waals surface area contributed by atoms with Crippen molar-refractivity contribution in [2.75, 3.05) is 6.54 Å². The molecule has 0 bridgehead atoms. The summed E-state index contributed by atoms with van der Waals surface area (Å²) in [5.41, 5.74) is 2.62. The van der Waals surface area contributed by atoms with Crippen LogP contribution < -0.4 is 10.6 Å². The molecule has 1 saturated carbocycles. The molecule has 0 saturated heterocycles. The molecule has 0 unspecified atom stereocenters. The van der Waals surface area contributed by atoms with Gasteiger partial charge >= 0.3 is 0 Å². The van der Waals surface area contributed by atoms with Crippen molar-refractivity contribution in [3.8, 4) is 0 Å². The number of carbonyl (C=O) groups excluding carboxylic acids is 1. The molecular formula is C16H22N2O. The number of rotatable bonds is 5. The topological polar surface area (TPSA) is 41.1 Å². The van der Waals surface area contributed by atoms with Gasteiger partial charge in [0.2, 0.25) is 5.91 Å². The van der Waals surface area contributed by atoms with E-state index in [2.05, 4.69) is 34.9 Å². The Labute approximate surface area is 114 Å². The highest BCUT2D eigenvalue weighted by Crippen LogP contribution is 2.33. The van der Waals surface area contributed by atoms with Crippen LogP contribution in [0.1, 0.15) is 36.8 Å². The molecule has 102 valence electrons. The van der Waals surface area contributed by atoms with Crippen molar-refractivity contribution in [1.29, 1.82) is 0 Å². The third-order valence-electron chi connectivity index (χ3n) is 4.18.